The number of aliphatic hydroxyl groups excluding tert-OH is 1. The van der Waals surface area contributed by atoms with Crippen LogP contribution in [0.1, 0.15) is 6.92 Å². The standard InChI is InChI=1S/C10H13NO3S/c1-8(6-12)7-15-10-4-2-3-9(5-10)11(13)14/h2-5,8,12H,6-7H2,1H3. The number of thioether (sulfide) groups is 1. The molecule has 0 heterocycles. The summed E-state index contributed by atoms with van der Waals surface area (Å²) in [6.45, 7) is 2.08. The topological polar surface area (TPSA) is 63.4 Å². The molecule has 0 fully saturated rings. The molecule has 0 saturated heterocycles. The van der Waals surface area contributed by atoms with Gasteiger partial charge in [-0.25, -0.2) is 0 Å². The average molecular weight is 227 g/mol. The molecule has 5 heteroatoms. The van der Waals surface area contributed by atoms with Crippen molar-refractivity contribution >= 4 is 17.4 Å². The minimum Gasteiger partial charge on any atom is -0.396 e. The van der Waals surface area contributed by atoms with Gasteiger partial charge in [0.15, 0.2) is 0 Å². The first-order chi connectivity index (χ1) is 7.13. The van der Waals surface area contributed by atoms with E-state index in [1.165, 1.54) is 17.8 Å². The Morgan fingerprint density at radius 2 is 2.33 bits per heavy atom. The fourth-order valence-electron chi connectivity index (χ4n) is 0.978. The molecule has 15 heavy (non-hydrogen) atoms. The number of nitrogens with zero attached hydrogens (tertiary/aromatic N) is 1. The van der Waals surface area contributed by atoms with Gasteiger partial charge < -0.3 is 5.11 Å². The molecule has 4 nitrogen and oxygen atoms in total. The van der Waals surface area contributed by atoms with Crippen LogP contribution in [0, 0.1) is 16.0 Å². The summed E-state index contributed by atoms with van der Waals surface area (Å²) in [6.07, 6.45) is 0. The Hall–Kier alpha value is -1.07. The maximum atomic E-state index is 10.5. The summed E-state index contributed by atoms with van der Waals surface area (Å²) in [5.74, 6) is 0.965. The predicted octanol–water partition coefficient (Wildman–Crippen LogP) is 2.32. The molecule has 0 radical (unpaired) electrons. The van der Waals surface area contributed by atoms with Gasteiger partial charge in [-0.15, -0.1) is 11.8 Å². The molecule has 1 aromatic rings. The summed E-state index contributed by atoms with van der Waals surface area (Å²) in [4.78, 5) is 11.0. The third-order valence-corrected chi connectivity index (χ3v) is 3.20. The van der Waals surface area contributed by atoms with Crippen LogP contribution in [0.3, 0.4) is 0 Å². The molecule has 0 aliphatic rings. The van der Waals surface area contributed by atoms with Crippen LogP contribution in [0.25, 0.3) is 0 Å². The van der Waals surface area contributed by atoms with Crippen molar-refractivity contribution in [2.45, 2.75) is 11.8 Å². The highest BCUT2D eigenvalue weighted by molar-refractivity contribution is 7.99. The molecular weight excluding hydrogens is 214 g/mol. The minimum atomic E-state index is -0.403. The molecule has 82 valence electrons. The Morgan fingerprint density at radius 3 is 2.93 bits per heavy atom. The zero-order valence-corrected chi connectivity index (χ0v) is 9.24. The molecule has 0 saturated carbocycles. The van der Waals surface area contributed by atoms with E-state index >= 15 is 0 Å². The lowest BCUT2D eigenvalue weighted by molar-refractivity contribution is -0.385. The monoisotopic (exact) mass is 227 g/mol. The summed E-state index contributed by atoms with van der Waals surface area (Å²) in [5, 5.41) is 19.3. The van der Waals surface area contributed by atoms with Gasteiger partial charge in [-0.2, -0.15) is 0 Å². The Bertz CT molecular complexity index is 343. The van der Waals surface area contributed by atoms with E-state index in [1.807, 2.05) is 13.0 Å². The average Bonchev–Trinajstić information content (AvgIpc) is 2.26. The zero-order valence-electron chi connectivity index (χ0n) is 8.42. The minimum absolute atomic E-state index is 0.108. The SMILES string of the molecule is CC(CO)CSc1cccc([N+](=O)[O-])c1. The van der Waals surface area contributed by atoms with E-state index in [1.54, 1.807) is 12.1 Å². The van der Waals surface area contributed by atoms with Crippen LogP contribution in [-0.2, 0) is 0 Å². The van der Waals surface area contributed by atoms with Crippen molar-refractivity contribution < 1.29 is 10.0 Å². The molecule has 1 unspecified atom stereocenters. The largest absolute Gasteiger partial charge is 0.396 e. The second kappa shape index (κ2) is 5.72. The van der Waals surface area contributed by atoms with Gasteiger partial charge in [-0.05, 0) is 12.0 Å². The van der Waals surface area contributed by atoms with Crippen molar-refractivity contribution in [2.24, 2.45) is 5.92 Å². The van der Waals surface area contributed by atoms with Crippen LogP contribution in [0.2, 0.25) is 0 Å². The number of hydrogen-bond acceptors (Lipinski definition) is 4. The number of hydrogen-bond donors (Lipinski definition) is 1. The zero-order chi connectivity index (χ0) is 11.3. The normalized spacial score (nSPS) is 12.4. The van der Waals surface area contributed by atoms with Gasteiger partial charge in [0.25, 0.3) is 5.69 Å². The maximum Gasteiger partial charge on any atom is 0.270 e. The summed E-state index contributed by atoms with van der Waals surface area (Å²) < 4.78 is 0. The van der Waals surface area contributed by atoms with Crippen molar-refractivity contribution in [3.63, 3.8) is 0 Å². The highest BCUT2D eigenvalue weighted by Crippen LogP contribution is 2.24. The molecular formula is C10H13NO3S. The second-order valence-electron chi connectivity index (χ2n) is 3.35. The van der Waals surface area contributed by atoms with Crippen LogP contribution in [0.5, 0.6) is 0 Å². The second-order valence-corrected chi connectivity index (χ2v) is 4.45. The van der Waals surface area contributed by atoms with Crippen LogP contribution in [0.15, 0.2) is 29.2 Å². The summed E-state index contributed by atoms with van der Waals surface area (Å²) in [6, 6.07) is 6.53. The molecule has 1 atom stereocenters. The number of non-ortho nitro benzene ring substituents is 1. The van der Waals surface area contributed by atoms with Crippen LogP contribution < -0.4 is 0 Å². The molecule has 1 rings (SSSR count). The van der Waals surface area contributed by atoms with Gasteiger partial charge in [-0.3, -0.25) is 10.1 Å². The first-order valence-corrected chi connectivity index (χ1v) is 5.60. The maximum absolute atomic E-state index is 10.5. The van der Waals surface area contributed by atoms with Gasteiger partial charge in [0.05, 0.1) is 4.92 Å². The first-order valence-electron chi connectivity index (χ1n) is 4.61. The number of aliphatic hydroxyl groups is 1. The van der Waals surface area contributed by atoms with Crippen molar-refractivity contribution in [2.75, 3.05) is 12.4 Å². The molecule has 0 bridgehead atoms. The van der Waals surface area contributed by atoms with E-state index in [2.05, 4.69) is 0 Å². The Balaban J connectivity index is 2.62. The fourth-order valence-corrected chi connectivity index (χ4v) is 1.94. The quantitative estimate of drug-likeness (QED) is 0.476. The molecule has 0 spiro atoms. The lowest BCUT2D eigenvalue weighted by Crippen LogP contribution is -2.03. The van der Waals surface area contributed by atoms with E-state index in [0.717, 1.165) is 10.6 Å². The van der Waals surface area contributed by atoms with E-state index in [4.69, 9.17) is 5.11 Å². The number of nitro groups is 1. The van der Waals surface area contributed by atoms with Crippen LogP contribution in [0.4, 0.5) is 5.69 Å². The third kappa shape index (κ3) is 3.89. The summed E-state index contributed by atoms with van der Waals surface area (Å²) in [5.41, 5.74) is 0.108. The van der Waals surface area contributed by atoms with Gasteiger partial charge >= 0.3 is 0 Å². The number of rotatable bonds is 5. The number of nitro benzene ring substituents is 1. The van der Waals surface area contributed by atoms with E-state index in [-0.39, 0.29) is 18.2 Å². The van der Waals surface area contributed by atoms with Gasteiger partial charge in [0.2, 0.25) is 0 Å². The lowest BCUT2D eigenvalue weighted by atomic mass is 10.2. The Morgan fingerprint density at radius 1 is 1.60 bits per heavy atom. The third-order valence-electron chi connectivity index (χ3n) is 1.87. The van der Waals surface area contributed by atoms with Crippen molar-refractivity contribution in [3.05, 3.63) is 34.4 Å². The van der Waals surface area contributed by atoms with Gasteiger partial charge in [0.1, 0.15) is 0 Å². The number of benzene rings is 1. The molecule has 0 amide bonds. The lowest BCUT2D eigenvalue weighted by Gasteiger charge is -2.06. The summed E-state index contributed by atoms with van der Waals surface area (Å²) >= 11 is 1.52. The first kappa shape index (κ1) is 12.0. The van der Waals surface area contributed by atoms with Crippen molar-refractivity contribution in [3.8, 4) is 0 Å². The Kier molecular flexibility index (Phi) is 4.58. The van der Waals surface area contributed by atoms with E-state index in [0.29, 0.717) is 0 Å². The fraction of sp³-hybridized carbons (Fsp3) is 0.400. The molecule has 1 aromatic carbocycles. The van der Waals surface area contributed by atoms with Crippen molar-refractivity contribution in [1.82, 2.24) is 0 Å². The molecule has 0 aromatic heterocycles. The van der Waals surface area contributed by atoms with Crippen LogP contribution in [-0.4, -0.2) is 22.4 Å². The predicted molar refractivity (Wildman–Crippen MR) is 60.1 cm³/mol. The van der Waals surface area contributed by atoms with E-state index < -0.39 is 4.92 Å². The Labute approximate surface area is 92.5 Å². The summed E-state index contributed by atoms with van der Waals surface area (Å²) in [7, 11) is 0. The molecule has 1 N–H and O–H groups in total. The van der Waals surface area contributed by atoms with Gasteiger partial charge in [-0.1, -0.05) is 13.0 Å². The smallest absolute Gasteiger partial charge is 0.270 e. The highest BCUT2D eigenvalue weighted by atomic mass is 32.2. The van der Waals surface area contributed by atoms with Crippen molar-refractivity contribution in [1.29, 1.82) is 0 Å². The highest BCUT2D eigenvalue weighted by Gasteiger charge is 2.07. The van der Waals surface area contributed by atoms with Gasteiger partial charge in [0, 0.05) is 29.4 Å². The molecule has 0 aliphatic heterocycles. The molecule has 0 aliphatic carbocycles. The van der Waals surface area contributed by atoms with Crippen LogP contribution >= 0.6 is 11.8 Å². The van der Waals surface area contributed by atoms with E-state index in [9.17, 15) is 10.1 Å².